The fourth-order valence-corrected chi connectivity index (χ4v) is 2.45. The fourth-order valence-electron chi connectivity index (χ4n) is 2.26. The van der Waals surface area contributed by atoms with Gasteiger partial charge in [0.25, 0.3) is 0 Å². The Kier molecular flexibility index (Phi) is 4.85. The van der Waals surface area contributed by atoms with Crippen LogP contribution in [0.4, 0.5) is 16.0 Å². The maximum absolute atomic E-state index is 13.5. The Balaban J connectivity index is 1.95. The highest BCUT2D eigenvalue weighted by molar-refractivity contribution is 6.32. The zero-order valence-electron chi connectivity index (χ0n) is 14.0. The maximum Gasteiger partial charge on any atom is 0.227 e. The van der Waals surface area contributed by atoms with Crippen molar-refractivity contribution < 1.29 is 9.13 Å². The fraction of sp³-hybridized carbons (Fsp3) is 0.235. The molecule has 0 radical (unpaired) electrons. The molecule has 0 aliphatic carbocycles. The smallest absolute Gasteiger partial charge is 0.227 e. The quantitative estimate of drug-likeness (QED) is 0.726. The van der Waals surface area contributed by atoms with Gasteiger partial charge < -0.3 is 10.1 Å². The number of rotatable bonds is 5. The average molecular weight is 362 g/mol. The summed E-state index contributed by atoms with van der Waals surface area (Å²) < 4.78 is 20.5. The van der Waals surface area contributed by atoms with Crippen LogP contribution in [-0.4, -0.2) is 26.9 Å². The molecule has 2 aromatic heterocycles. The van der Waals surface area contributed by atoms with Crippen molar-refractivity contribution in [3.05, 3.63) is 47.5 Å². The Morgan fingerprint density at radius 3 is 2.76 bits per heavy atom. The molecule has 0 aliphatic rings. The van der Waals surface area contributed by atoms with Gasteiger partial charge in [-0.1, -0.05) is 11.6 Å². The summed E-state index contributed by atoms with van der Waals surface area (Å²) in [6.45, 7) is 4.06. The van der Waals surface area contributed by atoms with Crippen LogP contribution in [0.25, 0.3) is 11.4 Å². The molecule has 2 heterocycles. The van der Waals surface area contributed by atoms with E-state index in [0.717, 1.165) is 0 Å². The van der Waals surface area contributed by atoms with Gasteiger partial charge in [0.15, 0.2) is 0 Å². The minimum atomic E-state index is -0.395. The Hall–Kier alpha value is -2.67. The van der Waals surface area contributed by atoms with E-state index < -0.39 is 5.82 Å². The van der Waals surface area contributed by atoms with E-state index in [1.54, 1.807) is 0 Å². The number of methoxy groups -OCH3 is 1. The minimum absolute atomic E-state index is 0.225. The van der Waals surface area contributed by atoms with Crippen LogP contribution in [-0.2, 0) is 0 Å². The van der Waals surface area contributed by atoms with Gasteiger partial charge in [-0.3, -0.25) is 4.68 Å². The largest absolute Gasteiger partial charge is 0.495 e. The van der Waals surface area contributed by atoms with E-state index in [9.17, 15) is 4.39 Å². The summed E-state index contributed by atoms with van der Waals surface area (Å²) in [5, 5.41) is 7.80. The third-order valence-corrected chi connectivity index (χ3v) is 3.81. The average Bonchev–Trinajstić information content (AvgIpc) is 3.07. The molecule has 0 saturated carbocycles. The molecular formula is C17H17ClFN5O. The number of nitrogens with zero attached hydrogens (tertiary/aromatic N) is 4. The number of nitrogens with one attached hydrogen (secondary N) is 1. The van der Waals surface area contributed by atoms with Crippen LogP contribution in [0.2, 0.25) is 5.02 Å². The normalized spacial score (nSPS) is 11.0. The summed E-state index contributed by atoms with van der Waals surface area (Å²) in [6.07, 6.45) is 3.34. The van der Waals surface area contributed by atoms with Gasteiger partial charge >= 0.3 is 0 Å². The molecule has 1 N–H and O–H groups in total. The van der Waals surface area contributed by atoms with Crippen molar-refractivity contribution in [2.24, 2.45) is 0 Å². The number of ether oxygens (including phenoxy) is 1. The Morgan fingerprint density at radius 1 is 1.28 bits per heavy atom. The second kappa shape index (κ2) is 7.06. The highest BCUT2D eigenvalue weighted by atomic mass is 35.5. The van der Waals surface area contributed by atoms with Crippen LogP contribution >= 0.6 is 11.6 Å². The topological polar surface area (TPSA) is 64.9 Å². The molecular weight excluding hydrogens is 345 g/mol. The van der Waals surface area contributed by atoms with Crippen LogP contribution < -0.4 is 10.1 Å². The third-order valence-electron chi connectivity index (χ3n) is 3.53. The van der Waals surface area contributed by atoms with Gasteiger partial charge in [0, 0.05) is 18.3 Å². The predicted molar refractivity (Wildman–Crippen MR) is 94.9 cm³/mol. The second-order valence-corrected chi connectivity index (χ2v) is 6.04. The van der Waals surface area contributed by atoms with E-state index in [1.807, 2.05) is 30.8 Å². The van der Waals surface area contributed by atoms with Crippen molar-refractivity contribution in [3.8, 4) is 17.1 Å². The standard InChI is InChI=1S/C17H17ClFN5O/c1-10(2)24-7-6-13(23-24)16-12(18)9-20-17(22-16)21-14-8-11(19)4-5-15(14)25-3/h4-10H,1-3H3,(H,20,21,22). The van der Waals surface area contributed by atoms with E-state index in [4.69, 9.17) is 16.3 Å². The van der Waals surface area contributed by atoms with Gasteiger partial charge in [-0.15, -0.1) is 0 Å². The van der Waals surface area contributed by atoms with Crippen LogP contribution in [0.15, 0.2) is 36.7 Å². The number of benzene rings is 1. The minimum Gasteiger partial charge on any atom is -0.495 e. The molecule has 0 bridgehead atoms. The molecule has 130 valence electrons. The van der Waals surface area contributed by atoms with Crippen molar-refractivity contribution in [1.29, 1.82) is 0 Å². The maximum atomic E-state index is 13.5. The lowest BCUT2D eigenvalue weighted by atomic mass is 10.3. The molecule has 3 aromatic rings. The molecule has 1 aromatic carbocycles. The summed E-state index contributed by atoms with van der Waals surface area (Å²) in [6, 6.07) is 6.21. The number of halogens is 2. The lowest BCUT2D eigenvalue weighted by Crippen LogP contribution is -2.03. The number of anilines is 2. The first-order valence-electron chi connectivity index (χ1n) is 7.66. The molecule has 0 fully saturated rings. The van der Waals surface area contributed by atoms with Gasteiger partial charge in [-0.2, -0.15) is 5.10 Å². The Labute approximate surface area is 149 Å². The van der Waals surface area contributed by atoms with Gasteiger partial charge in [-0.25, -0.2) is 14.4 Å². The summed E-state index contributed by atoms with van der Waals surface area (Å²) in [5.41, 5.74) is 1.55. The summed E-state index contributed by atoms with van der Waals surface area (Å²) in [7, 11) is 1.51. The third kappa shape index (κ3) is 3.71. The van der Waals surface area contributed by atoms with Gasteiger partial charge in [0.1, 0.15) is 23.0 Å². The summed E-state index contributed by atoms with van der Waals surface area (Å²) in [5.74, 6) is 0.348. The van der Waals surface area contributed by atoms with Crippen molar-refractivity contribution in [1.82, 2.24) is 19.7 Å². The first kappa shape index (κ1) is 17.2. The monoisotopic (exact) mass is 361 g/mol. The molecule has 0 amide bonds. The summed E-state index contributed by atoms with van der Waals surface area (Å²) in [4.78, 5) is 8.55. The second-order valence-electron chi connectivity index (χ2n) is 5.63. The zero-order valence-corrected chi connectivity index (χ0v) is 14.8. The molecule has 0 spiro atoms. The van der Waals surface area contributed by atoms with Crippen molar-refractivity contribution >= 4 is 23.2 Å². The number of aromatic nitrogens is 4. The van der Waals surface area contributed by atoms with E-state index in [2.05, 4.69) is 20.4 Å². The first-order valence-corrected chi connectivity index (χ1v) is 8.04. The zero-order chi connectivity index (χ0) is 18.0. The van der Waals surface area contributed by atoms with Crippen LogP contribution in [0.3, 0.4) is 0 Å². The van der Waals surface area contributed by atoms with E-state index in [-0.39, 0.29) is 12.0 Å². The molecule has 0 aliphatic heterocycles. The Bertz CT molecular complexity index is 896. The number of hydrogen-bond donors (Lipinski definition) is 1. The van der Waals surface area contributed by atoms with E-state index in [1.165, 1.54) is 31.5 Å². The first-order chi connectivity index (χ1) is 12.0. The van der Waals surface area contributed by atoms with Crippen molar-refractivity contribution in [2.45, 2.75) is 19.9 Å². The van der Waals surface area contributed by atoms with Gasteiger partial charge in [-0.05, 0) is 32.0 Å². The van der Waals surface area contributed by atoms with Crippen molar-refractivity contribution in [3.63, 3.8) is 0 Å². The molecule has 6 nitrogen and oxygen atoms in total. The molecule has 0 atom stereocenters. The molecule has 25 heavy (non-hydrogen) atoms. The lowest BCUT2D eigenvalue weighted by molar-refractivity contribution is 0.415. The summed E-state index contributed by atoms with van der Waals surface area (Å²) >= 11 is 6.22. The van der Waals surface area contributed by atoms with Crippen molar-refractivity contribution in [2.75, 3.05) is 12.4 Å². The van der Waals surface area contributed by atoms with Gasteiger partial charge in [0.2, 0.25) is 5.95 Å². The van der Waals surface area contributed by atoms with Crippen LogP contribution in [0, 0.1) is 5.82 Å². The molecule has 0 saturated heterocycles. The molecule has 3 rings (SSSR count). The molecule has 0 unspecified atom stereocenters. The predicted octanol–water partition coefficient (Wildman–Crippen LogP) is 4.47. The molecule has 8 heteroatoms. The highest BCUT2D eigenvalue weighted by Crippen LogP contribution is 2.30. The van der Waals surface area contributed by atoms with Crippen LogP contribution in [0.5, 0.6) is 5.75 Å². The SMILES string of the molecule is COc1ccc(F)cc1Nc1ncc(Cl)c(-c2ccn(C(C)C)n2)n1. The highest BCUT2D eigenvalue weighted by Gasteiger charge is 2.13. The Morgan fingerprint density at radius 2 is 2.08 bits per heavy atom. The lowest BCUT2D eigenvalue weighted by Gasteiger charge is -2.11. The van der Waals surface area contributed by atoms with Crippen LogP contribution in [0.1, 0.15) is 19.9 Å². The van der Waals surface area contributed by atoms with E-state index >= 15 is 0 Å². The van der Waals surface area contributed by atoms with E-state index in [0.29, 0.717) is 27.8 Å². The number of hydrogen-bond acceptors (Lipinski definition) is 5. The van der Waals surface area contributed by atoms with Gasteiger partial charge in [0.05, 0.1) is 24.0 Å².